The minimum atomic E-state index is -1.08. The van der Waals surface area contributed by atoms with Crippen LogP contribution in [0.2, 0.25) is 5.02 Å². The SMILES string of the molecule is CCCOC(=O)c1cccc(N2C(=O)C(=O)/C(=C(/O)c3cc(OC)ccc3Cl)C2c2ccc(O)cc2)c1. The number of Topliss-reactive ketones (excluding diaryl/α,β-unsaturated/α-hetero) is 1. The van der Waals surface area contributed by atoms with Crippen LogP contribution in [0.5, 0.6) is 11.5 Å². The number of phenolic OH excluding ortho intramolecular Hbond substituents is 1. The molecule has 1 saturated heterocycles. The quantitative estimate of drug-likeness (QED) is 0.189. The Morgan fingerprint density at radius 2 is 1.78 bits per heavy atom. The van der Waals surface area contributed by atoms with Gasteiger partial charge in [-0.15, -0.1) is 0 Å². The Balaban J connectivity index is 1.91. The second-order valence-corrected chi connectivity index (χ2v) is 8.70. The number of amides is 1. The van der Waals surface area contributed by atoms with Crippen molar-refractivity contribution >= 4 is 40.7 Å². The van der Waals surface area contributed by atoms with Crippen molar-refractivity contribution in [3.8, 4) is 11.5 Å². The first kappa shape index (κ1) is 25.8. The maximum absolute atomic E-state index is 13.4. The molecule has 2 N–H and O–H groups in total. The van der Waals surface area contributed by atoms with Gasteiger partial charge in [0.05, 0.1) is 35.9 Å². The van der Waals surface area contributed by atoms with E-state index in [1.54, 1.807) is 36.4 Å². The van der Waals surface area contributed by atoms with Gasteiger partial charge < -0.3 is 19.7 Å². The van der Waals surface area contributed by atoms with Crippen molar-refractivity contribution in [1.82, 2.24) is 0 Å². The van der Waals surface area contributed by atoms with Crippen molar-refractivity contribution in [3.63, 3.8) is 0 Å². The molecule has 9 heteroatoms. The summed E-state index contributed by atoms with van der Waals surface area (Å²) >= 11 is 6.33. The molecule has 8 nitrogen and oxygen atoms in total. The van der Waals surface area contributed by atoms with Gasteiger partial charge in [0.25, 0.3) is 11.7 Å². The van der Waals surface area contributed by atoms with Crippen LogP contribution in [-0.2, 0) is 14.3 Å². The Morgan fingerprint density at radius 3 is 2.46 bits per heavy atom. The molecule has 1 unspecified atom stereocenters. The van der Waals surface area contributed by atoms with Crippen LogP contribution in [-0.4, -0.2) is 41.6 Å². The number of ketones is 1. The number of hydrogen-bond donors (Lipinski definition) is 2. The average Bonchev–Trinajstić information content (AvgIpc) is 3.17. The number of aliphatic hydroxyl groups excluding tert-OH is 1. The van der Waals surface area contributed by atoms with E-state index in [2.05, 4.69) is 0 Å². The topological polar surface area (TPSA) is 113 Å². The monoisotopic (exact) mass is 521 g/mol. The molecule has 0 radical (unpaired) electrons. The van der Waals surface area contributed by atoms with Gasteiger partial charge in [0.2, 0.25) is 0 Å². The molecule has 4 rings (SSSR count). The number of benzene rings is 3. The van der Waals surface area contributed by atoms with Crippen molar-refractivity contribution in [2.45, 2.75) is 19.4 Å². The number of rotatable bonds is 7. The van der Waals surface area contributed by atoms with Crippen LogP contribution in [0, 0.1) is 0 Å². The Morgan fingerprint density at radius 1 is 1.05 bits per heavy atom. The third-order valence-corrected chi connectivity index (χ3v) is 6.21. The molecular formula is C28H24ClNO7. The molecule has 1 atom stereocenters. The number of halogens is 1. The molecule has 1 amide bonds. The van der Waals surface area contributed by atoms with Crippen LogP contribution in [0.25, 0.3) is 5.76 Å². The minimum absolute atomic E-state index is 0.0165. The number of carbonyl (C=O) groups is 3. The molecule has 0 aromatic heterocycles. The first-order valence-electron chi connectivity index (χ1n) is 11.5. The first-order valence-corrected chi connectivity index (χ1v) is 11.9. The fourth-order valence-corrected chi connectivity index (χ4v) is 4.30. The van der Waals surface area contributed by atoms with Gasteiger partial charge in [0.15, 0.2) is 0 Å². The Labute approximate surface area is 218 Å². The van der Waals surface area contributed by atoms with Crippen LogP contribution in [0.4, 0.5) is 5.69 Å². The van der Waals surface area contributed by atoms with E-state index in [1.165, 1.54) is 42.3 Å². The molecule has 190 valence electrons. The standard InChI is InChI=1S/C28H24ClNO7/c1-3-13-37-28(35)17-5-4-6-18(14-17)30-24(16-7-9-19(31)10-8-16)23(26(33)27(30)34)25(32)21-15-20(36-2)11-12-22(21)29/h4-12,14-15,24,31-32H,3,13H2,1-2H3/b25-23+. The lowest BCUT2D eigenvalue weighted by molar-refractivity contribution is -0.132. The lowest BCUT2D eigenvalue weighted by Crippen LogP contribution is -2.29. The van der Waals surface area contributed by atoms with E-state index >= 15 is 0 Å². The zero-order chi connectivity index (χ0) is 26.7. The van der Waals surface area contributed by atoms with Crippen LogP contribution >= 0.6 is 11.6 Å². The van der Waals surface area contributed by atoms with Crippen molar-refractivity contribution in [3.05, 3.63) is 94.0 Å². The van der Waals surface area contributed by atoms with Gasteiger partial charge in [-0.3, -0.25) is 14.5 Å². The lowest BCUT2D eigenvalue weighted by Gasteiger charge is -2.26. The van der Waals surface area contributed by atoms with Gasteiger partial charge in [-0.1, -0.05) is 36.7 Å². The summed E-state index contributed by atoms with van der Waals surface area (Å²) in [5, 5.41) is 21.3. The minimum Gasteiger partial charge on any atom is -0.508 e. The molecule has 37 heavy (non-hydrogen) atoms. The molecule has 1 fully saturated rings. The van der Waals surface area contributed by atoms with Gasteiger partial charge in [-0.2, -0.15) is 0 Å². The van der Waals surface area contributed by atoms with Crippen LogP contribution < -0.4 is 9.64 Å². The van der Waals surface area contributed by atoms with Gasteiger partial charge >= 0.3 is 5.97 Å². The number of carbonyl (C=O) groups excluding carboxylic acids is 3. The summed E-state index contributed by atoms with van der Waals surface area (Å²) in [6.07, 6.45) is 0.647. The Kier molecular flexibility index (Phi) is 7.50. The highest BCUT2D eigenvalue weighted by Gasteiger charge is 2.47. The van der Waals surface area contributed by atoms with E-state index in [-0.39, 0.29) is 39.8 Å². The van der Waals surface area contributed by atoms with Gasteiger partial charge in [-0.25, -0.2) is 4.79 Å². The Hall–Kier alpha value is -4.30. The summed E-state index contributed by atoms with van der Waals surface area (Å²) in [6, 6.07) is 15.5. The maximum atomic E-state index is 13.4. The zero-order valence-corrected chi connectivity index (χ0v) is 20.9. The van der Waals surface area contributed by atoms with E-state index in [1.807, 2.05) is 6.92 Å². The molecule has 1 heterocycles. The lowest BCUT2D eigenvalue weighted by atomic mass is 9.95. The molecule has 0 spiro atoms. The fraction of sp³-hybridized carbons (Fsp3) is 0.179. The van der Waals surface area contributed by atoms with E-state index < -0.39 is 29.5 Å². The highest BCUT2D eigenvalue weighted by molar-refractivity contribution is 6.52. The van der Waals surface area contributed by atoms with Crippen molar-refractivity contribution < 1.29 is 34.1 Å². The number of aromatic hydroxyl groups is 1. The molecule has 3 aromatic rings. The highest BCUT2D eigenvalue weighted by atomic mass is 35.5. The number of ether oxygens (including phenoxy) is 2. The van der Waals surface area contributed by atoms with Gasteiger partial charge in [0, 0.05) is 11.3 Å². The summed E-state index contributed by atoms with van der Waals surface area (Å²) in [6.45, 7) is 2.11. The number of methoxy groups -OCH3 is 1. The Bertz CT molecular complexity index is 1400. The van der Waals surface area contributed by atoms with Crippen molar-refractivity contribution in [2.24, 2.45) is 0 Å². The van der Waals surface area contributed by atoms with Crippen LogP contribution in [0.3, 0.4) is 0 Å². The highest BCUT2D eigenvalue weighted by Crippen LogP contribution is 2.43. The number of anilines is 1. The fourth-order valence-electron chi connectivity index (χ4n) is 4.09. The summed E-state index contributed by atoms with van der Waals surface area (Å²) in [5.74, 6) is -2.52. The van der Waals surface area contributed by atoms with Gasteiger partial charge in [0.1, 0.15) is 17.3 Å². The van der Waals surface area contributed by atoms with E-state index in [9.17, 15) is 24.6 Å². The molecule has 0 saturated carbocycles. The average molecular weight is 522 g/mol. The second kappa shape index (κ2) is 10.8. The summed E-state index contributed by atoms with van der Waals surface area (Å²) in [5.41, 5.74) is 0.802. The molecule has 0 aliphatic carbocycles. The third kappa shape index (κ3) is 5.01. The predicted molar refractivity (Wildman–Crippen MR) is 138 cm³/mol. The van der Waals surface area contributed by atoms with E-state index in [0.717, 1.165) is 0 Å². The molecular weight excluding hydrogens is 498 g/mol. The largest absolute Gasteiger partial charge is 0.508 e. The van der Waals surface area contributed by atoms with Crippen LogP contribution in [0.15, 0.2) is 72.3 Å². The van der Waals surface area contributed by atoms with Crippen LogP contribution in [0.1, 0.15) is 40.9 Å². The van der Waals surface area contributed by atoms with Gasteiger partial charge in [-0.05, 0) is 60.5 Å². The van der Waals surface area contributed by atoms with E-state index in [4.69, 9.17) is 21.1 Å². The number of phenols is 1. The van der Waals surface area contributed by atoms with E-state index in [0.29, 0.717) is 17.7 Å². The predicted octanol–water partition coefficient (Wildman–Crippen LogP) is 5.25. The third-order valence-electron chi connectivity index (χ3n) is 5.88. The molecule has 3 aromatic carbocycles. The summed E-state index contributed by atoms with van der Waals surface area (Å²) in [4.78, 5) is 40.4. The second-order valence-electron chi connectivity index (χ2n) is 8.29. The number of aliphatic hydroxyl groups is 1. The zero-order valence-electron chi connectivity index (χ0n) is 20.1. The number of hydrogen-bond acceptors (Lipinski definition) is 7. The summed E-state index contributed by atoms with van der Waals surface area (Å²) in [7, 11) is 1.45. The first-order chi connectivity index (χ1) is 17.8. The number of nitrogens with zero attached hydrogens (tertiary/aromatic N) is 1. The molecule has 0 bridgehead atoms. The molecule has 1 aliphatic heterocycles. The smallest absolute Gasteiger partial charge is 0.338 e. The van der Waals surface area contributed by atoms with Crippen molar-refractivity contribution in [2.75, 3.05) is 18.6 Å². The normalized spacial score (nSPS) is 16.6. The number of esters is 1. The summed E-state index contributed by atoms with van der Waals surface area (Å²) < 4.78 is 10.4. The van der Waals surface area contributed by atoms with Crippen molar-refractivity contribution in [1.29, 1.82) is 0 Å². The molecule has 1 aliphatic rings. The maximum Gasteiger partial charge on any atom is 0.338 e.